The number of aromatic hydroxyl groups is 1. The number of rotatable bonds is 5. The minimum Gasteiger partial charge on any atom is -0.503 e. The molecule has 0 atom stereocenters. The first-order valence-electron chi connectivity index (χ1n) is 6.18. The fourth-order valence-corrected chi connectivity index (χ4v) is 1.87. The summed E-state index contributed by atoms with van der Waals surface area (Å²) in [6, 6.07) is 7.31. The number of hydrogen-bond donors (Lipinski definition) is 2. The van der Waals surface area contributed by atoms with E-state index < -0.39 is 17.4 Å². The minimum atomic E-state index is -0.996. The predicted molar refractivity (Wildman–Crippen MR) is 74.9 cm³/mol. The van der Waals surface area contributed by atoms with Crippen molar-refractivity contribution in [1.82, 2.24) is 0 Å². The summed E-state index contributed by atoms with van der Waals surface area (Å²) in [4.78, 5) is 0. The van der Waals surface area contributed by atoms with Crippen molar-refractivity contribution in [3.05, 3.63) is 47.5 Å². The molecule has 0 saturated heterocycles. The number of methoxy groups -OCH3 is 2. The second kappa shape index (κ2) is 6.30. The quantitative estimate of drug-likeness (QED) is 0.888. The molecule has 6 heteroatoms. The van der Waals surface area contributed by atoms with Crippen molar-refractivity contribution in [2.24, 2.45) is 0 Å². The summed E-state index contributed by atoms with van der Waals surface area (Å²) in [6.45, 7) is 0.164. The van der Waals surface area contributed by atoms with Crippen LogP contribution in [0.15, 0.2) is 30.3 Å². The van der Waals surface area contributed by atoms with E-state index in [1.165, 1.54) is 14.2 Å². The van der Waals surface area contributed by atoms with Gasteiger partial charge in [-0.1, -0.05) is 0 Å². The SMILES string of the molecule is COc1ccc(OC)c(NCc2cc(F)c(O)c(F)c2)c1. The lowest BCUT2D eigenvalue weighted by molar-refractivity contribution is 0.395. The van der Waals surface area contributed by atoms with Gasteiger partial charge in [0.15, 0.2) is 17.4 Å². The van der Waals surface area contributed by atoms with Gasteiger partial charge >= 0.3 is 0 Å². The van der Waals surface area contributed by atoms with E-state index >= 15 is 0 Å². The number of hydrogen-bond acceptors (Lipinski definition) is 4. The van der Waals surface area contributed by atoms with Gasteiger partial charge in [0.25, 0.3) is 0 Å². The first-order chi connectivity index (χ1) is 10.0. The Hall–Kier alpha value is -2.50. The van der Waals surface area contributed by atoms with Gasteiger partial charge in [-0.25, -0.2) is 8.78 Å². The Morgan fingerprint density at radius 2 is 1.71 bits per heavy atom. The van der Waals surface area contributed by atoms with E-state index in [1.54, 1.807) is 18.2 Å². The lowest BCUT2D eigenvalue weighted by Crippen LogP contribution is -2.03. The summed E-state index contributed by atoms with van der Waals surface area (Å²) in [5.74, 6) is -1.76. The van der Waals surface area contributed by atoms with Gasteiger partial charge in [-0.2, -0.15) is 0 Å². The monoisotopic (exact) mass is 295 g/mol. The third-order valence-corrected chi connectivity index (χ3v) is 2.97. The van der Waals surface area contributed by atoms with Crippen LogP contribution in [0.2, 0.25) is 0 Å². The van der Waals surface area contributed by atoms with Gasteiger partial charge in [-0.05, 0) is 29.8 Å². The summed E-state index contributed by atoms with van der Waals surface area (Å²) in [6.07, 6.45) is 0. The topological polar surface area (TPSA) is 50.7 Å². The number of anilines is 1. The molecule has 0 bridgehead atoms. The number of nitrogens with one attached hydrogen (secondary N) is 1. The third kappa shape index (κ3) is 3.34. The smallest absolute Gasteiger partial charge is 0.187 e. The lowest BCUT2D eigenvalue weighted by Gasteiger charge is -2.13. The molecule has 0 saturated carbocycles. The van der Waals surface area contributed by atoms with Gasteiger partial charge in [0, 0.05) is 12.6 Å². The highest BCUT2D eigenvalue weighted by Gasteiger charge is 2.10. The fraction of sp³-hybridized carbons (Fsp3) is 0.200. The highest BCUT2D eigenvalue weighted by molar-refractivity contribution is 5.60. The third-order valence-electron chi connectivity index (χ3n) is 2.97. The standard InChI is InChI=1S/C15H15F2NO3/c1-20-10-3-4-14(21-2)13(7-10)18-8-9-5-11(16)15(19)12(17)6-9/h3-7,18-19H,8H2,1-2H3. The molecule has 21 heavy (non-hydrogen) atoms. The number of ether oxygens (including phenoxy) is 2. The lowest BCUT2D eigenvalue weighted by atomic mass is 10.2. The van der Waals surface area contributed by atoms with Crippen molar-refractivity contribution in [3.8, 4) is 17.2 Å². The van der Waals surface area contributed by atoms with Crippen molar-refractivity contribution < 1.29 is 23.4 Å². The van der Waals surface area contributed by atoms with Crippen LogP contribution in [0.4, 0.5) is 14.5 Å². The van der Waals surface area contributed by atoms with E-state index in [2.05, 4.69) is 5.32 Å². The molecule has 0 radical (unpaired) electrons. The summed E-state index contributed by atoms with van der Waals surface area (Å²) < 4.78 is 36.8. The molecule has 0 amide bonds. The largest absolute Gasteiger partial charge is 0.503 e. The van der Waals surface area contributed by atoms with Crippen LogP contribution in [-0.2, 0) is 6.54 Å². The van der Waals surface area contributed by atoms with Crippen LogP contribution < -0.4 is 14.8 Å². The van der Waals surface area contributed by atoms with Crippen LogP contribution in [0, 0.1) is 11.6 Å². The molecule has 0 aliphatic rings. The van der Waals surface area contributed by atoms with Crippen LogP contribution in [0.1, 0.15) is 5.56 Å². The van der Waals surface area contributed by atoms with Crippen molar-refractivity contribution in [2.45, 2.75) is 6.54 Å². The van der Waals surface area contributed by atoms with Crippen molar-refractivity contribution in [3.63, 3.8) is 0 Å². The molecular formula is C15H15F2NO3. The minimum absolute atomic E-state index is 0.164. The molecule has 0 aliphatic heterocycles. The first-order valence-corrected chi connectivity index (χ1v) is 6.18. The van der Waals surface area contributed by atoms with E-state index in [9.17, 15) is 8.78 Å². The van der Waals surface area contributed by atoms with Crippen LogP contribution in [0.3, 0.4) is 0 Å². The number of halogens is 2. The molecule has 2 rings (SSSR count). The summed E-state index contributed by atoms with van der Waals surface area (Å²) in [5.41, 5.74) is 0.985. The highest BCUT2D eigenvalue weighted by Crippen LogP contribution is 2.29. The second-order valence-corrected chi connectivity index (χ2v) is 4.33. The molecule has 0 fully saturated rings. The van der Waals surface area contributed by atoms with Crippen molar-refractivity contribution >= 4 is 5.69 Å². The van der Waals surface area contributed by atoms with E-state index in [0.717, 1.165) is 12.1 Å². The Bertz CT molecular complexity index is 624. The van der Waals surface area contributed by atoms with Crippen LogP contribution in [0.25, 0.3) is 0 Å². The maximum Gasteiger partial charge on any atom is 0.187 e. The van der Waals surface area contributed by atoms with Crippen molar-refractivity contribution in [2.75, 3.05) is 19.5 Å². The van der Waals surface area contributed by atoms with E-state index in [1.807, 2.05) is 0 Å². The summed E-state index contributed by atoms with van der Waals surface area (Å²) >= 11 is 0. The number of benzene rings is 2. The molecule has 2 N–H and O–H groups in total. The average Bonchev–Trinajstić information content (AvgIpc) is 2.50. The molecule has 0 aliphatic carbocycles. The number of phenolic OH excluding ortho intramolecular Hbond substituents is 1. The maximum absolute atomic E-state index is 13.3. The Morgan fingerprint density at radius 1 is 1.05 bits per heavy atom. The summed E-state index contributed by atoms with van der Waals surface area (Å²) in [7, 11) is 3.06. The van der Waals surface area contributed by atoms with E-state index in [-0.39, 0.29) is 6.54 Å². The summed E-state index contributed by atoms with van der Waals surface area (Å²) in [5, 5.41) is 12.1. The molecule has 112 valence electrons. The van der Waals surface area contributed by atoms with Crippen molar-refractivity contribution in [1.29, 1.82) is 0 Å². The highest BCUT2D eigenvalue weighted by atomic mass is 19.1. The Kier molecular flexibility index (Phi) is 4.47. The van der Waals surface area contributed by atoms with E-state index in [0.29, 0.717) is 22.7 Å². The predicted octanol–water partition coefficient (Wildman–Crippen LogP) is 3.30. The van der Waals surface area contributed by atoms with Gasteiger partial charge in [0.05, 0.1) is 19.9 Å². The van der Waals surface area contributed by atoms with E-state index in [4.69, 9.17) is 14.6 Å². The molecule has 0 aromatic heterocycles. The molecule has 0 spiro atoms. The van der Waals surface area contributed by atoms with Crippen LogP contribution in [0.5, 0.6) is 17.2 Å². The van der Waals surface area contributed by atoms with Gasteiger partial charge in [-0.15, -0.1) is 0 Å². The fourth-order valence-electron chi connectivity index (χ4n) is 1.87. The molecule has 0 heterocycles. The molecular weight excluding hydrogens is 280 g/mol. The zero-order valence-corrected chi connectivity index (χ0v) is 11.6. The number of phenols is 1. The average molecular weight is 295 g/mol. The van der Waals surface area contributed by atoms with Gasteiger partial charge in [0.1, 0.15) is 11.5 Å². The Labute approximate surface area is 120 Å². The Balaban J connectivity index is 2.19. The van der Waals surface area contributed by atoms with Gasteiger partial charge < -0.3 is 19.9 Å². The van der Waals surface area contributed by atoms with Crippen LogP contribution >= 0.6 is 0 Å². The molecule has 0 unspecified atom stereocenters. The Morgan fingerprint density at radius 3 is 2.29 bits per heavy atom. The van der Waals surface area contributed by atoms with Gasteiger partial charge in [0.2, 0.25) is 0 Å². The van der Waals surface area contributed by atoms with Gasteiger partial charge in [-0.3, -0.25) is 0 Å². The molecule has 4 nitrogen and oxygen atoms in total. The van der Waals surface area contributed by atoms with Crippen LogP contribution in [-0.4, -0.2) is 19.3 Å². The maximum atomic E-state index is 13.3. The molecule has 2 aromatic rings. The first kappa shape index (κ1) is 14.9. The normalized spacial score (nSPS) is 10.3. The molecule has 2 aromatic carbocycles. The zero-order chi connectivity index (χ0) is 15.4. The second-order valence-electron chi connectivity index (χ2n) is 4.33. The zero-order valence-electron chi connectivity index (χ0n) is 11.6.